The molecule has 0 aliphatic carbocycles. The van der Waals surface area contributed by atoms with Crippen molar-refractivity contribution in [2.24, 2.45) is 5.92 Å². The van der Waals surface area contributed by atoms with E-state index >= 15 is 0 Å². The molecule has 0 atom stereocenters. The van der Waals surface area contributed by atoms with Crippen LogP contribution in [0.2, 0.25) is 0 Å². The normalized spacial score (nSPS) is 15.1. The summed E-state index contributed by atoms with van der Waals surface area (Å²) in [6.07, 6.45) is 2.24. The van der Waals surface area contributed by atoms with E-state index in [9.17, 15) is 9.59 Å². The molecule has 0 spiro atoms. The van der Waals surface area contributed by atoms with E-state index in [-0.39, 0.29) is 18.5 Å². The average molecular weight is 414 g/mol. The van der Waals surface area contributed by atoms with Gasteiger partial charge in [-0.1, -0.05) is 44.2 Å². The van der Waals surface area contributed by atoms with Gasteiger partial charge in [0, 0.05) is 32.2 Å². The van der Waals surface area contributed by atoms with E-state index in [1.165, 1.54) is 0 Å². The van der Waals surface area contributed by atoms with Gasteiger partial charge in [-0.15, -0.1) is 0 Å². The molecule has 0 unspecified atom stereocenters. The number of carbonyl (C=O) groups is 2. The second-order valence-corrected chi connectivity index (χ2v) is 8.00. The molecule has 30 heavy (non-hydrogen) atoms. The molecule has 1 aromatic heterocycles. The van der Waals surface area contributed by atoms with E-state index in [4.69, 9.17) is 4.74 Å². The zero-order chi connectivity index (χ0) is 21.3. The number of nitrogens with one attached hydrogen (secondary N) is 1. The van der Waals surface area contributed by atoms with Gasteiger partial charge >= 0.3 is 6.09 Å². The van der Waals surface area contributed by atoms with Gasteiger partial charge in [-0.25, -0.2) is 9.48 Å². The molecule has 8 nitrogen and oxygen atoms in total. The smallest absolute Gasteiger partial charge is 0.409 e. The maximum absolute atomic E-state index is 12.6. The lowest BCUT2D eigenvalue weighted by atomic mass is 10.2. The Morgan fingerprint density at radius 2 is 1.90 bits per heavy atom. The quantitative estimate of drug-likeness (QED) is 0.755. The first kappa shape index (κ1) is 21.8. The molecular weight excluding hydrogens is 382 g/mol. The van der Waals surface area contributed by atoms with Gasteiger partial charge in [0.05, 0.1) is 25.9 Å². The minimum atomic E-state index is -0.264. The van der Waals surface area contributed by atoms with Gasteiger partial charge in [-0.3, -0.25) is 9.69 Å². The molecule has 0 radical (unpaired) electrons. The Morgan fingerprint density at radius 3 is 2.67 bits per heavy atom. The number of aromatic nitrogens is 2. The Morgan fingerprint density at radius 1 is 1.10 bits per heavy atom. The molecule has 2 aromatic rings. The third-order valence-corrected chi connectivity index (χ3v) is 4.91. The summed E-state index contributed by atoms with van der Waals surface area (Å²) in [4.78, 5) is 28.6. The van der Waals surface area contributed by atoms with Crippen molar-refractivity contribution >= 4 is 17.8 Å². The lowest BCUT2D eigenvalue weighted by Crippen LogP contribution is -2.38. The molecule has 1 aromatic carbocycles. The van der Waals surface area contributed by atoms with Crippen LogP contribution in [0.5, 0.6) is 0 Å². The van der Waals surface area contributed by atoms with Crippen LogP contribution in [0.15, 0.2) is 42.6 Å². The summed E-state index contributed by atoms with van der Waals surface area (Å²) in [5, 5.41) is 7.28. The highest BCUT2D eigenvalue weighted by molar-refractivity contribution is 5.91. The highest BCUT2D eigenvalue weighted by atomic mass is 16.6. The molecule has 1 fully saturated rings. The van der Waals surface area contributed by atoms with Crippen molar-refractivity contribution in [3.63, 3.8) is 0 Å². The molecule has 2 heterocycles. The number of rotatable bonds is 7. The zero-order valence-electron chi connectivity index (χ0n) is 17.8. The topological polar surface area (TPSA) is 79.7 Å². The largest absolute Gasteiger partial charge is 0.449 e. The fraction of sp³-hybridized carbons (Fsp3) is 0.500. The van der Waals surface area contributed by atoms with Crippen LogP contribution in [-0.2, 0) is 16.1 Å². The van der Waals surface area contributed by atoms with E-state index in [1.807, 2.05) is 44.2 Å². The molecule has 1 aliphatic heterocycles. The number of hydrogen-bond acceptors (Lipinski definition) is 5. The Balaban J connectivity index is 1.48. The number of anilines is 1. The first-order chi connectivity index (χ1) is 14.5. The lowest BCUT2D eigenvalue weighted by molar-refractivity contribution is -0.117. The molecule has 0 bridgehead atoms. The first-order valence-corrected chi connectivity index (χ1v) is 10.5. The molecule has 0 saturated carbocycles. The van der Waals surface area contributed by atoms with E-state index in [0.29, 0.717) is 44.5 Å². The summed E-state index contributed by atoms with van der Waals surface area (Å²) in [6, 6.07) is 11.8. The van der Waals surface area contributed by atoms with Crippen LogP contribution in [0.4, 0.5) is 10.6 Å². The van der Waals surface area contributed by atoms with Crippen molar-refractivity contribution in [1.82, 2.24) is 19.6 Å². The van der Waals surface area contributed by atoms with Crippen LogP contribution in [-0.4, -0.2) is 70.9 Å². The highest BCUT2D eigenvalue weighted by Gasteiger charge is 2.22. The van der Waals surface area contributed by atoms with Crippen LogP contribution in [0, 0.1) is 5.92 Å². The predicted molar refractivity (Wildman–Crippen MR) is 115 cm³/mol. The number of amides is 2. The van der Waals surface area contributed by atoms with Crippen molar-refractivity contribution in [1.29, 1.82) is 0 Å². The van der Waals surface area contributed by atoms with Gasteiger partial charge in [0.15, 0.2) is 0 Å². The minimum absolute atomic E-state index is 0.0827. The maximum Gasteiger partial charge on any atom is 0.409 e. The summed E-state index contributed by atoms with van der Waals surface area (Å²) in [5.41, 5.74) is 1.12. The van der Waals surface area contributed by atoms with E-state index in [1.54, 1.807) is 21.8 Å². The Labute approximate surface area is 177 Å². The van der Waals surface area contributed by atoms with Gasteiger partial charge in [0.25, 0.3) is 0 Å². The Kier molecular flexibility index (Phi) is 7.84. The number of hydrogen-bond donors (Lipinski definition) is 1. The van der Waals surface area contributed by atoms with Crippen molar-refractivity contribution in [3.05, 3.63) is 48.2 Å². The number of nitrogens with zero attached hydrogens (tertiary/aromatic N) is 4. The molecule has 1 N–H and O–H groups in total. The SMILES string of the molecule is CC(C)COC(=O)N1CCCN(CC(=O)Nc2ccnn2Cc2ccccc2)CC1. The molecule has 1 saturated heterocycles. The summed E-state index contributed by atoms with van der Waals surface area (Å²) in [6.45, 7) is 7.97. The monoisotopic (exact) mass is 413 g/mol. The lowest BCUT2D eigenvalue weighted by Gasteiger charge is -2.21. The summed E-state index contributed by atoms with van der Waals surface area (Å²) >= 11 is 0. The summed E-state index contributed by atoms with van der Waals surface area (Å²) in [5.74, 6) is 0.912. The molecule has 8 heteroatoms. The van der Waals surface area contributed by atoms with Crippen molar-refractivity contribution in [2.75, 3.05) is 44.6 Å². The molecule has 1 aliphatic rings. The minimum Gasteiger partial charge on any atom is -0.449 e. The predicted octanol–water partition coefficient (Wildman–Crippen LogP) is 2.67. The maximum atomic E-state index is 12.6. The van der Waals surface area contributed by atoms with Crippen LogP contribution in [0.3, 0.4) is 0 Å². The summed E-state index contributed by atoms with van der Waals surface area (Å²) in [7, 11) is 0. The molecule has 162 valence electrons. The standard InChI is InChI=1S/C22H31N5O3/c1-18(2)17-30-22(29)26-12-6-11-25(13-14-26)16-21(28)24-20-9-10-23-27(20)15-19-7-4-3-5-8-19/h3-5,7-10,18H,6,11-17H2,1-2H3,(H,24,28). The van der Waals surface area contributed by atoms with E-state index in [0.717, 1.165) is 18.5 Å². The Hall–Kier alpha value is -2.87. The van der Waals surface area contributed by atoms with Crippen molar-refractivity contribution < 1.29 is 14.3 Å². The average Bonchev–Trinajstić information content (AvgIpc) is 3.01. The fourth-order valence-corrected chi connectivity index (χ4v) is 3.35. The third kappa shape index (κ3) is 6.59. The number of carbonyl (C=O) groups excluding carboxylic acids is 2. The van der Waals surface area contributed by atoms with E-state index < -0.39 is 0 Å². The van der Waals surface area contributed by atoms with Crippen molar-refractivity contribution in [3.8, 4) is 0 Å². The highest BCUT2D eigenvalue weighted by Crippen LogP contribution is 2.11. The van der Waals surface area contributed by atoms with E-state index in [2.05, 4.69) is 15.3 Å². The third-order valence-electron chi connectivity index (χ3n) is 4.91. The number of benzene rings is 1. The van der Waals surface area contributed by atoms with Crippen LogP contribution < -0.4 is 5.32 Å². The van der Waals surface area contributed by atoms with Crippen LogP contribution in [0.25, 0.3) is 0 Å². The zero-order valence-corrected chi connectivity index (χ0v) is 17.8. The Bertz CT molecular complexity index is 821. The van der Waals surface area contributed by atoms with Crippen LogP contribution >= 0.6 is 0 Å². The molecular formula is C22H31N5O3. The van der Waals surface area contributed by atoms with Gasteiger partial charge < -0.3 is 15.0 Å². The molecule has 2 amide bonds. The van der Waals surface area contributed by atoms with Gasteiger partial charge in [0.1, 0.15) is 5.82 Å². The number of ether oxygens (including phenoxy) is 1. The van der Waals surface area contributed by atoms with Crippen LogP contribution in [0.1, 0.15) is 25.8 Å². The van der Waals surface area contributed by atoms with Crippen molar-refractivity contribution in [2.45, 2.75) is 26.8 Å². The summed E-state index contributed by atoms with van der Waals surface area (Å²) < 4.78 is 7.11. The second kappa shape index (κ2) is 10.8. The van der Waals surface area contributed by atoms with Gasteiger partial charge in [0.2, 0.25) is 5.91 Å². The second-order valence-electron chi connectivity index (χ2n) is 8.00. The molecule has 3 rings (SSSR count). The first-order valence-electron chi connectivity index (χ1n) is 10.5. The fourth-order valence-electron chi connectivity index (χ4n) is 3.35. The van der Waals surface area contributed by atoms with Gasteiger partial charge in [-0.05, 0) is 17.9 Å². The van der Waals surface area contributed by atoms with Gasteiger partial charge in [-0.2, -0.15) is 5.10 Å².